The molecule has 0 spiro atoms. The van der Waals surface area contributed by atoms with Crippen molar-refractivity contribution < 1.29 is 4.79 Å². The van der Waals surface area contributed by atoms with Crippen LogP contribution >= 0.6 is 0 Å². The Labute approximate surface area is 149 Å². The van der Waals surface area contributed by atoms with Crippen molar-refractivity contribution in [2.24, 2.45) is 0 Å². The first-order chi connectivity index (χ1) is 12.2. The molecule has 0 fully saturated rings. The number of rotatable bonds is 3. The first-order valence-electron chi connectivity index (χ1n) is 9.13. The number of amides is 1. The molecule has 2 heteroatoms. The molecule has 1 heterocycles. The molecule has 1 aliphatic heterocycles. The molecule has 0 aromatic heterocycles. The van der Waals surface area contributed by atoms with Crippen molar-refractivity contribution >= 4 is 22.4 Å². The second-order valence-corrected chi connectivity index (χ2v) is 6.71. The SMILES string of the molecule is CCc1ccc(C2CC(=O)N(CC)c3ccc4ccccc4c32)cc1. The lowest BCUT2D eigenvalue weighted by atomic mass is 9.81. The zero-order valence-electron chi connectivity index (χ0n) is 14.8. The topological polar surface area (TPSA) is 20.3 Å². The molecule has 1 amide bonds. The molecule has 2 nitrogen and oxygen atoms in total. The minimum Gasteiger partial charge on any atom is -0.312 e. The lowest BCUT2D eigenvalue weighted by molar-refractivity contribution is -0.119. The second-order valence-electron chi connectivity index (χ2n) is 6.71. The number of anilines is 1. The summed E-state index contributed by atoms with van der Waals surface area (Å²) in [7, 11) is 0. The Hall–Kier alpha value is -2.61. The third-order valence-electron chi connectivity index (χ3n) is 5.37. The lowest BCUT2D eigenvalue weighted by Crippen LogP contribution is -2.36. The Morgan fingerprint density at radius 2 is 1.72 bits per heavy atom. The van der Waals surface area contributed by atoms with Crippen LogP contribution in [0.5, 0.6) is 0 Å². The highest BCUT2D eigenvalue weighted by molar-refractivity contribution is 6.03. The molecule has 1 unspecified atom stereocenters. The van der Waals surface area contributed by atoms with Crippen molar-refractivity contribution in [3.63, 3.8) is 0 Å². The predicted octanol–water partition coefficient (Wildman–Crippen LogP) is 5.29. The van der Waals surface area contributed by atoms with E-state index in [1.165, 1.54) is 27.5 Å². The molecule has 126 valence electrons. The van der Waals surface area contributed by atoms with Gasteiger partial charge in [-0.3, -0.25) is 4.79 Å². The van der Waals surface area contributed by atoms with E-state index in [4.69, 9.17) is 0 Å². The van der Waals surface area contributed by atoms with Crippen LogP contribution in [0.25, 0.3) is 10.8 Å². The van der Waals surface area contributed by atoms with Crippen LogP contribution in [-0.4, -0.2) is 12.5 Å². The minimum atomic E-state index is 0.127. The minimum absolute atomic E-state index is 0.127. The standard InChI is InChI=1S/C23H23NO/c1-3-16-9-11-18(12-10-16)20-15-22(25)24(4-2)21-14-13-17-7-5-6-8-19(17)23(20)21/h5-14,20H,3-4,15H2,1-2H3. The van der Waals surface area contributed by atoms with Gasteiger partial charge >= 0.3 is 0 Å². The van der Waals surface area contributed by atoms with Crippen molar-refractivity contribution in [2.75, 3.05) is 11.4 Å². The normalized spacial score (nSPS) is 17.0. The summed E-state index contributed by atoms with van der Waals surface area (Å²) in [6.45, 7) is 4.93. The zero-order valence-corrected chi connectivity index (χ0v) is 14.8. The number of hydrogen-bond donors (Lipinski definition) is 0. The molecule has 3 aromatic rings. The van der Waals surface area contributed by atoms with Gasteiger partial charge in [-0.2, -0.15) is 0 Å². The van der Waals surface area contributed by atoms with E-state index >= 15 is 0 Å². The molecular weight excluding hydrogens is 306 g/mol. The highest BCUT2D eigenvalue weighted by Gasteiger charge is 2.32. The molecule has 1 atom stereocenters. The fourth-order valence-corrected chi connectivity index (χ4v) is 4.02. The third-order valence-corrected chi connectivity index (χ3v) is 5.37. The summed E-state index contributed by atoms with van der Waals surface area (Å²) in [6.07, 6.45) is 1.58. The first kappa shape index (κ1) is 15.9. The van der Waals surface area contributed by atoms with E-state index in [-0.39, 0.29) is 11.8 Å². The summed E-state index contributed by atoms with van der Waals surface area (Å²) in [5.41, 5.74) is 4.93. The Kier molecular flexibility index (Phi) is 4.04. The lowest BCUT2D eigenvalue weighted by Gasteiger charge is -2.34. The number of fused-ring (bicyclic) bond motifs is 3. The number of hydrogen-bond acceptors (Lipinski definition) is 1. The fourth-order valence-electron chi connectivity index (χ4n) is 4.02. The van der Waals surface area contributed by atoms with Crippen LogP contribution in [0.4, 0.5) is 5.69 Å². The highest BCUT2D eigenvalue weighted by atomic mass is 16.2. The van der Waals surface area contributed by atoms with Crippen LogP contribution in [0.15, 0.2) is 60.7 Å². The van der Waals surface area contributed by atoms with Gasteiger partial charge in [0.25, 0.3) is 0 Å². The van der Waals surface area contributed by atoms with Crippen molar-refractivity contribution in [1.82, 2.24) is 0 Å². The van der Waals surface area contributed by atoms with E-state index in [0.29, 0.717) is 13.0 Å². The first-order valence-corrected chi connectivity index (χ1v) is 9.13. The van der Waals surface area contributed by atoms with Crippen molar-refractivity contribution in [3.05, 3.63) is 77.4 Å². The van der Waals surface area contributed by atoms with E-state index in [1.54, 1.807) is 0 Å². The number of carbonyl (C=O) groups excluding carboxylic acids is 1. The second kappa shape index (κ2) is 6.36. The average Bonchev–Trinajstić information content (AvgIpc) is 2.67. The molecule has 0 aliphatic carbocycles. The Bertz CT molecular complexity index is 926. The molecule has 4 rings (SSSR count). The number of benzene rings is 3. The van der Waals surface area contributed by atoms with Crippen LogP contribution in [0.1, 0.15) is 42.9 Å². The van der Waals surface area contributed by atoms with Crippen LogP contribution in [0.3, 0.4) is 0 Å². The molecule has 25 heavy (non-hydrogen) atoms. The third kappa shape index (κ3) is 2.62. The van der Waals surface area contributed by atoms with Crippen molar-refractivity contribution in [2.45, 2.75) is 32.6 Å². The van der Waals surface area contributed by atoms with Gasteiger partial charge in [0.1, 0.15) is 0 Å². The van der Waals surface area contributed by atoms with Crippen molar-refractivity contribution in [1.29, 1.82) is 0 Å². The molecule has 0 bridgehead atoms. The maximum absolute atomic E-state index is 12.8. The molecule has 1 aliphatic rings. The van der Waals surface area contributed by atoms with E-state index < -0.39 is 0 Å². The van der Waals surface area contributed by atoms with Gasteiger partial charge in [0, 0.05) is 24.6 Å². The van der Waals surface area contributed by atoms with E-state index in [1.807, 2.05) is 11.8 Å². The van der Waals surface area contributed by atoms with E-state index in [2.05, 4.69) is 67.6 Å². The molecule has 0 saturated carbocycles. The van der Waals surface area contributed by atoms with Gasteiger partial charge in [0.2, 0.25) is 5.91 Å². The Balaban J connectivity index is 1.94. The van der Waals surface area contributed by atoms with Gasteiger partial charge < -0.3 is 4.90 Å². The van der Waals surface area contributed by atoms with Gasteiger partial charge in [-0.05, 0) is 46.9 Å². The summed E-state index contributed by atoms with van der Waals surface area (Å²) in [6, 6.07) is 21.5. The number of nitrogens with zero attached hydrogens (tertiary/aromatic N) is 1. The molecule has 0 saturated heterocycles. The van der Waals surface area contributed by atoms with Crippen LogP contribution < -0.4 is 4.90 Å². The average molecular weight is 329 g/mol. The smallest absolute Gasteiger partial charge is 0.227 e. The van der Waals surface area contributed by atoms with Crippen LogP contribution in [0, 0.1) is 0 Å². The van der Waals surface area contributed by atoms with Gasteiger partial charge in [0.05, 0.1) is 0 Å². The monoisotopic (exact) mass is 329 g/mol. The Morgan fingerprint density at radius 1 is 0.960 bits per heavy atom. The number of carbonyl (C=O) groups is 1. The molecule has 0 radical (unpaired) electrons. The molecule has 0 N–H and O–H groups in total. The Morgan fingerprint density at radius 3 is 2.44 bits per heavy atom. The van der Waals surface area contributed by atoms with E-state index in [0.717, 1.165) is 12.1 Å². The summed E-state index contributed by atoms with van der Waals surface area (Å²) in [5, 5.41) is 2.50. The van der Waals surface area contributed by atoms with Gasteiger partial charge in [-0.15, -0.1) is 0 Å². The molecule has 3 aromatic carbocycles. The van der Waals surface area contributed by atoms with Gasteiger partial charge in [-0.1, -0.05) is 61.5 Å². The number of aryl methyl sites for hydroxylation is 1. The summed E-state index contributed by atoms with van der Waals surface area (Å²) < 4.78 is 0. The highest BCUT2D eigenvalue weighted by Crippen LogP contribution is 2.43. The molecular formula is C23H23NO. The summed E-state index contributed by atoms with van der Waals surface area (Å²) in [4.78, 5) is 14.7. The van der Waals surface area contributed by atoms with Crippen LogP contribution in [-0.2, 0) is 11.2 Å². The van der Waals surface area contributed by atoms with Crippen LogP contribution in [0.2, 0.25) is 0 Å². The summed E-state index contributed by atoms with van der Waals surface area (Å²) >= 11 is 0. The van der Waals surface area contributed by atoms with Crippen molar-refractivity contribution in [3.8, 4) is 0 Å². The maximum atomic E-state index is 12.8. The predicted molar refractivity (Wildman–Crippen MR) is 104 cm³/mol. The van der Waals surface area contributed by atoms with E-state index in [9.17, 15) is 4.79 Å². The summed E-state index contributed by atoms with van der Waals surface area (Å²) in [5.74, 6) is 0.345. The maximum Gasteiger partial charge on any atom is 0.227 e. The van der Waals surface area contributed by atoms with Gasteiger partial charge in [-0.25, -0.2) is 0 Å². The quantitative estimate of drug-likeness (QED) is 0.639. The fraction of sp³-hybridized carbons (Fsp3) is 0.261. The zero-order chi connectivity index (χ0) is 17.4. The van der Waals surface area contributed by atoms with Gasteiger partial charge in [0.15, 0.2) is 0 Å². The largest absolute Gasteiger partial charge is 0.312 e.